The minimum atomic E-state index is -4.57. The van der Waals surface area contributed by atoms with Crippen molar-refractivity contribution in [1.29, 1.82) is 0 Å². The molecule has 2 aliphatic rings. The molecule has 2 heterocycles. The summed E-state index contributed by atoms with van der Waals surface area (Å²) in [6.07, 6.45) is -1.78. The number of benzene rings is 5. The van der Waals surface area contributed by atoms with Crippen molar-refractivity contribution in [2.24, 2.45) is 0 Å². The lowest BCUT2D eigenvalue weighted by molar-refractivity contribution is -0.176. The van der Waals surface area contributed by atoms with Gasteiger partial charge in [-0.1, -0.05) is 152 Å². The van der Waals surface area contributed by atoms with Crippen LogP contribution in [0.15, 0.2) is 152 Å². The predicted molar refractivity (Wildman–Crippen MR) is 172 cm³/mol. The summed E-state index contributed by atoms with van der Waals surface area (Å²) in [6, 6.07) is 47.2. The van der Waals surface area contributed by atoms with E-state index in [1.165, 1.54) is 0 Å². The molecule has 5 aromatic carbocycles. The molecule has 5 aromatic rings. The number of aliphatic hydroxyl groups is 1. The number of hydrogen-bond acceptors (Lipinski definition) is 6. The van der Waals surface area contributed by atoms with Crippen LogP contribution in [0, 0.1) is 0 Å². The zero-order chi connectivity index (χ0) is 31.1. The smallest absolute Gasteiger partial charge is 0.366 e. The molecule has 0 spiro atoms. The molecule has 3 atom stereocenters. The minimum Gasteiger partial charge on any atom is -0.376 e. The Morgan fingerprint density at radius 1 is 0.533 bits per heavy atom. The average molecular weight is 619 g/mol. The molecular weight excluding hydrogens is 583 g/mol. The molecule has 2 saturated heterocycles. The van der Waals surface area contributed by atoms with Crippen LogP contribution in [0.5, 0.6) is 0 Å². The fourth-order valence-corrected chi connectivity index (χ4v) is 8.94. The van der Waals surface area contributed by atoms with Crippen molar-refractivity contribution >= 4 is 7.60 Å². The van der Waals surface area contributed by atoms with Crippen molar-refractivity contribution in [3.63, 3.8) is 0 Å². The number of ether oxygens (including phenoxy) is 2. The van der Waals surface area contributed by atoms with Crippen molar-refractivity contribution < 1.29 is 28.2 Å². The van der Waals surface area contributed by atoms with Crippen molar-refractivity contribution in [2.45, 2.75) is 48.9 Å². The maximum atomic E-state index is 15.9. The van der Waals surface area contributed by atoms with E-state index in [-0.39, 0.29) is 0 Å². The topological polar surface area (TPSA) is 74.2 Å². The third-order valence-corrected chi connectivity index (χ3v) is 10.6. The molecule has 0 bridgehead atoms. The summed E-state index contributed by atoms with van der Waals surface area (Å²) in [5, 5.41) is 12.2. The summed E-state index contributed by atoms with van der Waals surface area (Å²) in [5.74, 6) is -2.71. The van der Waals surface area contributed by atoms with E-state index >= 15 is 4.57 Å². The second kappa shape index (κ2) is 11.5. The fourth-order valence-electron chi connectivity index (χ4n) is 6.73. The van der Waals surface area contributed by atoms with Gasteiger partial charge in [-0.3, -0.25) is 13.6 Å². The Balaban J connectivity index is 1.61. The standard InChI is InChI=1S/C38H35O6P/c1-36(2)41-33-34(42-36)38(31-24-14-6-15-25-31,32-26-16-7-17-27-32)44-45(40,35(39)28-18-8-3-9-19-28)43-37(33,29-20-10-4-11-21-29)30-22-12-5-13-23-30/h3-27,33-35,39H,1-2H3/t33-,34-,35-/m1/s1. The van der Waals surface area contributed by atoms with Crippen LogP contribution >= 0.6 is 7.60 Å². The van der Waals surface area contributed by atoms with Gasteiger partial charge in [-0.2, -0.15) is 0 Å². The summed E-state index contributed by atoms with van der Waals surface area (Å²) in [7, 11) is -4.57. The molecule has 0 amide bonds. The molecule has 2 fully saturated rings. The van der Waals surface area contributed by atoms with Crippen LogP contribution in [0.2, 0.25) is 0 Å². The van der Waals surface area contributed by atoms with E-state index in [0.29, 0.717) is 27.8 Å². The number of aliphatic hydroxyl groups excluding tert-OH is 1. The van der Waals surface area contributed by atoms with Gasteiger partial charge in [-0.25, -0.2) is 0 Å². The zero-order valence-electron chi connectivity index (χ0n) is 25.1. The van der Waals surface area contributed by atoms with Crippen LogP contribution in [-0.4, -0.2) is 23.1 Å². The Morgan fingerprint density at radius 3 is 1.13 bits per heavy atom. The van der Waals surface area contributed by atoms with Gasteiger partial charge in [0.25, 0.3) is 0 Å². The normalized spacial score (nSPS) is 23.4. The van der Waals surface area contributed by atoms with Crippen LogP contribution in [-0.2, 0) is 34.3 Å². The lowest BCUT2D eigenvalue weighted by atomic mass is 9.72. The van der Waals surface area contributed by atoms with E-state index < -0.39 is 42.6 Å². The van der Waals surface area contributed by atoms with Gasteiger partial charge in [0.15, 0.2) is 22.8 Å². The Kier molecular flexibility index (Phi) is 7.61. The molecule has 1 N–H and O–H groups in total. The van der Waals surface area contributed by atoms with Crippen molar-refractivity contribution in [2.75, 3.05) is 0 Å². The molecule has 228 valence electrons. The van der Waals surface area contributed by atoms with Gasteiger partial charge in [0.2, 0.25) is 0 Å². The van der Waals surface area contributed by atoms with Gasteiger partial charge >= 0.3 is 7.60 Å². The number of hydrogen-bond donors (Lipinski definition) is 1. The molecule has 0 aromatic heterocycles. The van der Waals surface area contributed by atoms with Gasteiger partial charge in [-0.15, -0.1) is 0 Å². The SMILES string of the molecule is CC1(C)O[C@@H]2[C@@H](O1)C(c1ccccc1)(c1ccccc1)OP(=O)([C@@H](O)c1ccccc1)OC2(c1ccccc1)c1ccccc1. The summed E-state index contributed by atoms with van der Waals surface area (Å²) < 4.78 is 43.8. The lowest BCUT2D eigenvalue weighted by Gasteiger charge is -2.41. The molecule has 0 aliphatic carbocycles. The highest BCUT2D eigenvalue weighted by molar-refractivity contribution is 7.54. The highest BCUT2D eigenvalue weighted by Gasteiger charge is 2.69. The van der Waals surface area contributed by atoms with Gasteiger partial charge in [0.1, 0.15) is 12.2 Å². The summed E-state index contributed by atoms with van der Waals surface area (Å²) in [5.41, 5.74) is 0.0962. The van der Waals surface area contributed by atoms with Crippen LogP contribution in [0.1, 0.15) is 47.5 Å². The quantitative estimate of drug-likeness (QED) is 0.193. The first-order chi connectivity index (χ1) is 21.8. The first kappa shape index (κ1) is 29.8. The van der Waals surface area contributed by atoms with E-state index in [2.05, 4.69) is 0 Å². The van der Waals surface area contributed by atoms with Gasteiger partial charge in [0.05, 0.1) is 0 Å². The highest BCUT2D eigenvalue weighted by Crippen LogP contribution is 2.72. The predicted octanol–water partition coefficient (Wildman–Crippen LogP) is 8.33. The molecule has 0 saturated carbocycles. The summed E-state index contributed by atoms with van der Waals surface area (Å²) in [6.45, 7) is 3.73. The van der Waals surface area contributed by atoms with Crippen LogP contribution in [0.3, 0.4) is 0 Å². The Bertz CT molecular complexity index is 1600. The number of rotatable bonds is 6. The Labute approximate surface area is 263 Å². The van der Waals surface area contributed by atoms with Gasteiger partial charge < -0.3 is 14.6 Å². The van der Waals surface area contributed by atoms with Gasteiger partial charge in [0, 0.05) is 0 Å². The molecule has 0 radical (unpaired) electrons. The lowest BCUT2D eigenvalue weighted by Crippen LogP contribution is -2.53. The zero-order valence-corrected chi connectivity index (χ0v) is 26.0. The number of fused-ring (bicyclic) bond motifs is 1. The maximum Gasteiger partial charge on any atom is 0.366 e. The fraction of sp³-hybridized carbons (Fsp3) is 0.211. The van der Waals surface area contributed by atoms with Crippen LogP contribution < -0.4 is 0 Å². The van der Waals surface area contributed by atoms with Gasteiger partial charge in [-0.05, 0) is 41.7 Å². The average Bonchev–Trinajstić information content (AvgIpc) is 3.39. The minimum absolute atomic E-state index is 0.403. The second-order valence-corrected chi connectivity index (χ2v) is 13.9. The molecule has 7 rings (SSSR count). The molecule has 2 aliphatic heterocycles. The Hall–Kier alpha value is -3.87. The third kappa shape index (κ3) is 4.99. The largest absolute Gasteiger partial charge is 0.376 e. The van der Waals surface area contributed by atoms with Crippen LogP contribution in [0.25, 0.3) is 0 Å². The van der Waals surface area contributed by atoms with E-state index in [0.717, 1.165) is 0 Å². The first-order valence-electron chi connectivity index (χ1n) is 15.1. The van der Waals surface area contributed by atoms with E-state index in [4.69, 9.17) is 18.5 Å². The Morgan fingerprint density at radius 2 is 0.822 bits per heavy atom. The van der Waals surface area contributed by atoms with Crippen molar-refractivity contribution in [3.8, 4) is 0 Å². The molecule has 7 heteroatoms. The van der Waals surface area contributed by atoms with E-state index in [9.17, 15) is 5.11 Å². The van der Waals surface area contributed by atoms with Crippen molar-refractivity contribution in [3.05, 3.63) is 179 Å². The van der Waals surface area contributed by atoms with Crippen LogP contribution in [0.4, 0.5) is 0 Å². The van der Waals surface area contributed by atoms with Crippen molar-refractivity contribution in [1.82, 2.24) is 0 Å². The molecular formula is C38H35O6P. The molecule has 0 unspecified atom stereocenters. The summed E-state index contributed by atoms with van der Waals surface area (Å²) >= 11 is 0. The molecule has 45 heavy (non-hydrogen) atoms. The van der Waals surface area contributed by atoms with E-state index in [1.54, 1.807) is 24.3 Å². The monoisotopic (exact) mass is 618 g/mol. The second-order valence-electron chi connectivity index (χ2n) is 11.9. The summed E-state index contributed by atoms with van der Waals surface area (Å²) in [4.78, 5) is 0. The maximum absolute atomic E-state index is 15.9. The third-order valence-electron chi connectivity index (χ3n) is 8.65. The highest BCUT2D eigenvalue weighted by atomic mass is 31.2. The molecule has 6 nitrogen and oxygen atoms in total. The first-order valence-corrected chi connectivity index (χ1v) is 16.7. The van der Waals surface area contributed by atoms with E-state index in [1.807, 2.05) is 141 Å².